The number of carbonyl (C=O) groups excluding carboxylic acids is 1. The molecule has 4 heteroatoms. The second-order valence-corrected chi connectivity index (χ2v) is 6.13. The number of fused-ring (bicyclic) bond motifs is 1. The summed E-state index contributed by atoms with van der Waals surface area (Å²) in [5.41, 5.74) is 2.83. The molecule has 0 atom stereocenters. The van der Waals surface area contributed by atoms with Crippen LogP contribution in [0.25, 0.3) is 10.9 Å². The highest BCUT2D eigenvalue weighted by Crippen LogP contribution is 2.28. The van der Waals surface area contributed by atoms with E-state index in [9.17, 15) is 4.79 Å². The predicted molar refractivity (Wildman–Crippen MR) is 93.8 cm³/mol. The predicted octanol–water partition coefficient (Wildman–Crippen LogP) is 4.93. The number of nitrogens with one attached hydrogen (secondary N) is 1. The molecule has 1 N–H and O–H groups in total. The van der Waals surface area contributed by atoms with Crippen LogP contribution >= 0.6 is 11.6 Å². The minimum atomic E-state index is 0.0168. The number of rotatable bonds is 7. The molecule has 0 saturated carbocycles. The van der Waals surface area contributed by atoms with Gasteiger partial charge in [-0.1, -0.05) is 37.8 Å². The lowest BCUT2D eigenvalue weighted by Gasteiger charge is -2.09. The fourth-order valence-corrected chi connectivity index (χ4v) is 3.13. The topological polar surface area (TPSA) is 34.0 Å². The molecular weight excluding hydrogens is 296 g/mol. The summed E-state index contributed by atoms with van der Waals surface area (Å²) in [4.78, 5) is 12.6. The molecule has 1 aromatic carbocycles. The smallest absolute Gasteiger partial charge is 0.268 e. The zero-order chi connectivity index (χ0) is 16.1. The van der Waals surface area contributed by atoms with Gasteiger partial charge < -0.3 is 9.88 Å². The van der Waals surface area contributed by atoms with Crippen molar-refractivity contribution < 1.29 is 4.79 Å². The van der Waals surface area contributed by atoms with E-state index in [0.29, 0.717) is 5.02 Å². The van der Waals surface area contributed by atoms with Crippen LogP contribution in [-0.4, -0.2) is 17.0 Å². The number of aryl methyl sites for hydroxylation is 2. The molecule has 0 bridgehead atoms. The molecular formula is C18H25ClN2O. The highest BCUT2D eigenvalue weighted by molar-refractivity contribution is 6.31. The van der Waals surface area contributed by atoms with E-state index in [0.717, 1.165) is 41.7 Å². The van der Waals surface area contributed by atoms with E-state index in [4.69, 9.17) is 11.6 Å². The van der Waals surface area contributed by atoms with E-state index in [1.807, 2.05) is 25.1 Å². The SMILES string of the molecule is CCCCCCNC(=O)c1c(C)c2cc(Cl)ccc2n1CC. The Labute approximate surface area is 137 Å². The van der Waals surface area contributed by atoms with Gasteiger partial charge >= 0.3 is 0 Å². The van der Waals surface area contributed by atoms with E-state index in [-0.39, 0.29) is 5.91 Å². The van der Waals surface area contributed by atoms with Gasteiger partial charge in [0, 0.05) is 29.0 Å². The minimum Gasteiger partial charge on any atom is -0.351 e. The summed E-state index contributed by atoms with van der Waals surface area (Å²) in [6.45, 7) is 7.75. The van der Waals surface area contributed by atoms with Gasteiger partial charge in [-0.25, -0.2) is 0 Å². The first-order valence-electron chi connectivity index (χ1n) is 8.16. The third kappa shape index (κ3) is 3.46. The number of halogens is 1. The molecule has 2 aromatic rings. The molecule has 0 aliphatic heterocycles. The molecule has 0 saturated heterocycles. The number of unbranched alkanes of at least 4 members (excludes halogenated alkanes) is 3. The second-order valence-electron chi connectivity index (χ2n) is 5.70. The van der Waals surface area contributed by atoms with Crippen molar-refractivity contribution in [2.45, 2.75) is 53.0 Å². The third-order valence-corrected chi connectivity index (χ3v) is 4.36. The molecule has 3 nitrogen and oxygen atoms in total. The molecule has 120 valence electrons. The number of carbonyl (C=O) groups is 1. The highest BCUT2D eigenvalue weighted by atomic mass is 35.5. The van der Waals surface area contributed by atoms with Crippen molar-refractivity contribution in [2.75, 3.05) is 6.54 Å². The van der Waals surface area contributed by atoms with Gasteiger partial charge in [0.2, 0.25) is 0 Å². The summed E-state index contributed by atoms with van der Waals surface area (Å²) in [6, 6.07) is 5.81. The van der Waals surface area contributed by atoms with Crippen LogP contribution in [0.4, 0.5) is 0 Å². The van der Waals surface area contributed by atoms with Gasteiger partial charge in [-0.05, 0) is 44.0 Å². The van der Waals surface area contributed by atoms with E-state index in [1.54, 1.807) is 0 Å². The lowest BCUT2D eigenvalue weighted by atomic mass is 10.1. The van der Waals surface area contributed by atoms with Gasteiger partial charge in [-0.15, -0.1) is 0 Å². The number of nitrogens with zero attached hydrogens (tertiary/aromatic N) is 1. The lowest BCUT2D eigenvalue weighted by molar-refractivity contribution is 0.0943. The van der Waals surface area contributed by atoms with E-state index in [1.165, 1.54) is 19.3 Å². The minimum absolute atomic E-state index is 0.0168. The molecule has 1 amide bonds. The number of hydrogen-bond acceptors (Lipinski definition) is 1. The quantitative estimate of drug-likeness (QED) is 0.721. The first-order chi connectivity index (χ1) is 10.6. The van der Waals surface area contributed by atoms with Crippen LogP contribution in [-0.2, 0) is 6.54 Å². The first-order valence-corrected chi connectivity index (χ1v) is 8.54. The van der Waals surface area contributed by atoms with Gasteiger partial charge in [0.25, 0.3) is 5.91 Å². The maximum absolute atomic E-state index is 12.6. The van der Waals surface area contributed by atoms with Gasteiger partial charge in [0.15, 0.2) is 0 Å². The molecule has 1 heterocycles. The maximum atomic E-state index is 12.6. The second kappa shape index (κ2) is 7.68. The molecule has 0 spiro atoms. The Morgan fingerprint density at radius 3 is 2.68 bits per heavy atom. The van der Waals surface area contributed by atoms with Gasteiger partial charge in [0.05, 0.1) is 0 Å². The van der Waals surface area contributed by atoms with Gasteiger partial charge in [0.1, 0.15) is 5.69 Å². The Morgan fingerprint density at radius 1 is 1.23 bits per heavy atom. The Bertz CT molecular complexity index is 661. The van der Waals surface area contributed by atoms with Crippen LogP contribution in [0.3, 0.4) is 0 Å². The highest BCUT2D eigenvalue weighted by Gasteiger charge is 2.19. The number of aromatic nitrogens is 1. The van der Waals surface area contributed by atoms with Crippen molar-refractivity contribution >= 4 is 28.4 Å². The first kappa shape index (κ1) is 16.9. The van der Waals surface area contributed by atoms with Crippen molar-refractivity contribution in [1.82, 2.24) is 9.88 Å². The molecule has 0 fully saturated rings. The van der Waals surface area contributed by atoms with Crippen LogP contribution in [0, 0.1) is 6.92 Å². The summed E-state index contributed by atoms with van der Waals surface area (Å²) < 4.78 is 2.07. The summed E-state index contributed by atoms with van der Waals surface area (Å²) in [7, 11) is 0. The Hall–Kier alpha value is -1.48. The maximum Gasteiger partial charge on any atom is 0.268 e. The average molecular weight is 321 g/mol. The molecule has 0 radical (unpaired) electrons. The Kier molecular flexibility index (Phi) is 5.90. The standard InChI is InChI=1S/C18H25ClN2O/c1-4-6-7-8-11-20-18(22)17-13(3)15-12-14(19)9-10-16(15)21(17)5-2/h9-10,12H,4-8,11H2,1-3H3,(H,20,22). The van der Waals surface area contributed by atoms with Crippen molar-refractivity contribution in [3.8, 4) is 0 Å². The van der Waals surface area contributed by atoms with Crippen LogP contribution in [0.5, 0.6) is 0 Å². The van der Waals surface area contributed by atoms with Crippen molar-refractivity contribution in [3.63, 3.8) is 0 Å². The summed E-state index contributed by atoms with van der Waals surface area (Å²) >= 11 is 6.10. The number of hydrogen-bond donors (Lipinski definition) is 1. The molecule has 0 aliphatic rings. The fraction of sp³-hybridized carbons (Fsp3) is 0.500. The largest absolute Gasteiger partial charge is 0.351 e. The normalized spacial score (nSPS) is 11.1. The van der Waals surface area contributed by atoms with E-state index >= 15 is 0 Å². The summed E-state index contributed by atoms with van der Waals surface area (Å²) in [5, 5.41) is 4.82. The molecule has 0 aliphatic carbocycles. The fourth-order valence-electron chi connectivity index (χ4n) is 2.95. The molecule has 1 aromatic heterocycles. The van der Waals surface area contributed by atoms with E-state index < -0.39 is 0 Å². The number of benzene rings is 1. The van der Waals surface area contributed by atoms with Gasteiger partial charge in [-0.3, -0.25) is 4.79 Å². The summed E-state index contributed by atoms with van der Waals surface area (Å²) in [6.07, 6.45) is 4.64. The van der Waals surface area contributed by atoms with Crippen molar-refractivity contribution in [2.24, 2.45) is 0 Å². The Balaban J connectivity index is 2.22. The zero-order valence-corrected chi connectivity index (χ0v) is 14.5. The van der Waals surface area contributed by atoms with Crippen LogP contribution < -0.4 is 5.32 Å². The average Bonchev–Trinajstić information content (AvgIpc) is 2.79. The van der Waals surface area contributed by atoms with Gasteiger partial charge in [-0.2, -0.15) is 0 Å². The molecule has 22 heavy (non-hydrogen) atoms. The van der Waals surface area contributed by atoms with Crippen LogP contribution in [0.15, 0.2) is 18.2 Å². The zero-order valence-electron chi connectivity index (χ0n) is 13.7. The molecule has 0 unspecified atom stereocenters. The van der Waals surface area contributed by atoms with Crippen molar-refractivity contribution in [1.29, 1.82) is 0 Å². The van der Waals surface area contributed by atoms with E-state index in [2.05, 4.69) is 23.7 Å². The lowest BCUT2D eigenvalue weighted by Crippen LogP contribution is -2.27. The van der Waals surface area contributed by atoms with Crippen LogP contribution in [0.1, 0.15) is 55.6 Å². The summed E-state index contributed by atoms with van der Waals surface area (Å²) in [5.74, 6) is 0.0168. The van der Waals surface area contributed by atoms with Crippen LogP contribution in [0.2, 0.25) is 5.02 Å². The van der Waals surface area contributed by atoms with Crippen molar-refractivity contribution in [3.05, 3.63) is 34.5 Å². The Morgan fingerprint density at radius 2 is 2.00 bits per heavy atom. The monoisotopic (exact) mass is 320 g/mol. The third-order valence-electron chi connectivity index (χ3n) is 4.13. The number of amides is 1. The molecule has 2 rings (SSSR count).